The molecule has 0 fully saturated rings. The molecule has 0 saturated carbocycles. The molecule has 1 amide bonds. The van der Waals surface area contributed by atoms with Crippen molar-refractivity contribution in [3.8, 4) is 0 Å². The monoisotopic (exact) mass is 236 g/mol. The molecule has 0 aliphatic rings. The van der Waals surface area contributed by atoms with Crippen molar-refractivity contribution in [3.05, 3.63) is 35.8 Å². The van der Waals surface area contributed by atoms with E-state index in [0.29, 0.717) is 13.0 Å². The Morgan fingerprint density at radius 3 is 3.06 bits per heavy atom. The maximum absolute atomic E-state index is 13.1. The Morgan fingerprint density at radius 2 is 2.29 bits per heavy atom. The third-order valence-electron chi connectivity index (χ3n) is 2.59. The van der Waals surface area contributed by atoms with E-state index in [-0.39, 0.29) is 5.82 Å². The molecule has 2 aromatic rings. The molecule has 0 saturated heterocycles. The number of hydrogen-bond donors (Lipinski definition) is 3. The van der Waals surface area contributed by atoms with Crippen LogP contribution in [-0.4, -0.2) is 29.1 Å². The van der Waals surface area contributed by atoms with Crippen molar-refractivity contribution in [1.29, 1.82) is 0 Å². The Bertz CT molecular complexity index is 536. The predicted octanol–water partition coefficient (Wildman–Crippen LogP) is 0.958. The molecule has 3 N–H and O–H groups in total. The van der Waals surface area contributed by atoms with Crippen LogP contribution in [0.1, 0.15) is 5.56 Å². The van der Waals surface area contributed by atoms with Crippen molar-refractivity contribution in [2.45, 2.75) is 6.42 Å². The minimum atomic E-state index is -0.511. The van der Waals surface area contributed by atoms with E-state index in [2.05, 4.69) is 10.3 Å². The number of H-pyrrole nitrogens is 1. The second kappa shape index (κ2) is 4.97. The van der Waals surface area contributed by atoms with E-state index < -0.39 is 12.5 Å². The van der Waals surface area contributed by atoms with Crippen molar-refractivity contribution in [3.63, 3.8) is 0 Å². The van der Waals surface area contributed by atoms with Crippen LogP contribution < -0.4 is 5.32 Å². The Hall–Kier alpha value is -1.88. The Balaban J connectivity index is 2.08. The molecule has 0 aliphatic carbocycles. The number of carbonyl (C=O) groups is 1. The van der Waals surface area contributed by atoms with Gasteiger partial charge in [0.25, 0.3) is 0 Å². The smallest absolute Gasteiger partial charge is 0.245 e. The molecule has 0 atom stereocenters. The number of fused-ring (bicyclic) bond motifs is 1. The number of nitrogens with one attached hydrogen (secondary N) is 2. The lowest BCUT2D eigenvalue weighted by molar-refractivity contribution is -0.123. The number of aromatic nitrogens is 1. The van der Waals surface area contributed by atoms with Crippen LogP contribution in [-0.2, 0) is 11.2 Å². The van der Waals surface area contributed by atoms with E-state index >= 15 is 0 Å². The van der Waals surface area contributed by atoms with Gasteiger partial charge in [-0.3, -0.25) is 4.79 Å². The maximum atomic E-state index is 13.1. The van der Waals surface area contributed by atoms with Crippen LogP contribution in [0.5, 0.6) is 0 Å². The van der Waals surface area contributed by atoms with Crippen molar-refractivity contribution in [1.82, 2.24) is 10.3 Å². The lowest BCUT2D eigenvalue weighted by Crippen LogP contribution is -2.28. The molecule has 17 heavy (non-hydrogen) atoms. The van der Waals surface area contributed by atoms with E-state index in [4.69, 9.17) is 5.11 Å². The SMILES string of the molecule is O=C(CO)NCCc1c[nH]c2ccc(F)cc12. The van der Waals surface area contributed by atoms with Gasteiger partial charge in [0, 0.05) is 23.6 Å². The number of hydrogen-bond acceptors (Lipinski definition) is 2. The van der Waals surface area contributed by atoms with Gasteiger partial charge in [0.1, 0.15) is 12.4 Å². The van der Waals surface area contributed by atoms with Gasteiger partial charge in [-0.15, -0.1) is 0 Å². The van der Waals surface area contributed by atoms with Crippen LogP contribution in [0.15, 0.2) is 24.4 Å². The lowest BCUT2D eigenvalue weighted by Gasteiger charge is -2.02. The summed E-state index contributed by atoms with van der Waals surface area (Å²) >= 11 is 0. The van der Waals surface area contributed by atoms with E-state index in [1.165, 1.54) is 12.1 Å². The summed E-state index contributed by atoms with van der Waals surface area (Å²) in [6.07, 6.45) is 2.39. The van der Waals surface area contributed by atoms with E-state index in [0.717, 1.165) is 16.5 Å². The van der Waals surface area contributed by atoms with Crippen LogP contribution in [0.3, 0.4) is 0 Å². The van der Waals surface area contributed by atoms with Crippen LogP contribution in [0, 0.1) is 5.82 Å². The van der Waals surface area contributed by atoms with E-state index in [9.17, 15) is 9.18 Å². The summed E-state index contributed by atoms with van der Waals surface area (Å²) in [5.41, 5.74) is 1.81. The minimum absolute atomic E-state index is 0.280. The number of carbonyl (C=O) groups excluding carboxylic acids is 1. The number of aromatic amines is 1. The molecule has 2 rings (SSSR count). The quantitative estimate of drug-likeness (QED) is 0.740. The molecule has 0 bridgehead atoms. The third-order valence-corrected chi connectivity index (χ3v) is 2.59. The summed E-state index contributed by atoms with van der Waals surface area (Å²) in [7, 11) is 0. The van der Waals surface area contributed by atoms with Gasteiger partial charge < -0.3 is 15.4 Å². The number of rotatable bonds is 4. The first-order chi connectivity index (χ1) is 8.20. The summed E-state index contributed by atoms with van der Waals surface area (Å²) in [5, 5.41) is 11.9. The van der Waals surface area contributed by atoms with Gasteiger partial charge in [-0.2, -0.15) is 0 Å². The molecule has 4 nitrogen and oxygen atoms in total. The largest absolute Gasteiger partial charge is 0.387 e. The van der Waals surface area contributed by atoms with Gasteiger partial charge in [0.15, 0.2) is 0 Å². The maximum Gasteiger partial charge on any atom is 0.245 e. The van der Waals surface area contributed by atoms with Gasteiger partial charge in [-0.05, 0) is 30.2 Å². The van der Waals surface area contributed by atoms with Crippen molar-refractivity contribution < 1.29 is 14.3 Å². The molecule has 1 aromatic heterocycles. The molecule has 90 valence electrons. The first-order valence-corrected chi connectivity index (χ1v) is 5.34. The van der Waals surface area contributed by atoms with Crippen LogP contribution in [0.2, 0.25) is 0 Å². The molecule has 1 aromatic carbocycles. The Labute approximate surface area is 97.5 Å². The van der Waals surface area contributed by atoms with Crippen molar-refractivity contribution >= 4 is 16.8 Å². The lowest BCUT2D eigenvalue weighted by atomic mass is 10.1. The van der Waals surface area contributed by atoms with Gasteiger partial charge in [0.2, 0.25) is 5.91 Å². The zero-order valence-corrected chi connectivity index (χ0v) is 9.16. The second-order valence-corrected chi connectivity index (χ2v) is 3.76. The summed E-state index contributed by atoms with van der Waals surface area (Å²) in [6, 6.07) is 4.55. The zero-order chi connectivity index (χ0) is 12.3. The molecule has 0 spiro atoms. The molecule has 1 heterocycles. The van der Waals surface area contributed by atoms with Crippen LogP contribution >= 0.6 is 0 Å². The number of benzene rings is 1. The second-order valence-electron chi connectivity index (χ2n) is 3.76. The molecular formula is C12H13FN2O2. The van der Waals surface area contributed by atoms with Gasteiger partial charge in [-0.1, -0.05) is 0 Å². The Morgan fingerprint density at radius 1 is 1.47 bits per heavy atom. The molecule has 0 unspecified atom stereocenters. The van der Waals surface area contributed by atoms with Crippen molar-refractivity contribution in [2.75, 3.05) is 13.2 Å². The fourth-order valence-corrected chi connectivity index (χ4v) is 1.75. The minimum Gasteiger partial charge on any atom is -0.387 e. The fraction of sp³-hybridized carbons (Fsp3) is 0.250. The van der Waals surface area contributed by atoms with Gasteiger partial charge in [0.05, 0.1) is 0 Å². The highest BCUT2D eigenvalue weighted by Crippen LogP contribution is 2.19. The number of aliphatic hydroxyl groups excluding tert-OH is 1. The third kappa shape index (κ3) is 2.62. The first-order valence-electron chi connectivity index (χ1n) is 5.34. The Kier molecular flexibility index (Phi) is 3.39. The average Bonchev–Trinajstić information content (AvgIpc) is 2.72. The first kappa shape index (κ1) is 11.6. The highest BCUT2D eigenvalue weighted by Gasteiger charge is 2.05. The van der Waals surface area contributed by atoms with Crippen LogP contribution in [0.4, 0.5) is 4.39 Å². The average molecular weight is 236 g/mol. The molecule has 0 aliphatic heterocycles. The topological polar surface area (TPSA) is 65.1 Å². The summed E-state index contributed by atoms with van der Waals surface area (Å²) in [6.45, 7) is -0.0919. The van der Waals surface area contributed by atoms with Crippen LogP contribution in [0.25, 0.3) is 10.9 Å². The number of halogens is 1. The highest BCUT2D eigenvalue weighted by molar-refractivity contribution is 5.83. The normalized spacial score (nSPS) is 10.7. The molecule has 5 heteroatoms. The molecular weight excluding hydrogens is 223 g/mol. The summed E-state index contributed by atoms with van der Waals surface area (Å²) < 4.78 is 13.1. The number of aliphatic hydroxyl groups is 1. The fourth-order valence-electron chi connectivity index (χ4n) is 1.75. The predicted molar refractivity (Wildman–Crippen MR) is 62.1 cm³/mol. The highest BCUT2D eigenvalue weighted by atomic mass is 19.1. The summed E-state index contributed by atoms with van der Waals surface area (Å²) in [4.78, 5) is 13.9. The summed E-state index contributed by atoms with van der Waals surface area (Å²) in [5.74, 6) is -0.686. The van der Waals surface area contributed by atoms with E-state index in [1.54, 1.807) is 12.3 Å². The van der Waals surface area contributed by atoms with Gasteiger partial charge >= 0.3 is 0 Å². The van der Waals surface area contributed by atoms with Gasteiger partial charge in [-0.25, -0.2) is 4.39 Å². The molecule has 0 radical (unpaired) electrons. The number of amides is 1. The standard InChI is InChI=1S/C12H13FN2O2/c13-9-1-2-11-10(5-9)8(6-15-11)3-4-14-12(17)7-16/h1-2,5-6,15-16H,3-4,7H2,(H,14,17). The zero-order valence-electron chi connectivity index (χ0n) is 9.16. The van der Waals surface area contributed by atoms with E-state index in [1.807, 2.05) is 0 Å². The van der Waals surface area contributed by atoms with Crippen molar-refractivity contribution in [2.24, 2.45) is 0 Å².